The van der Waals surface area contributed by atoms with E-state index in [2.05, 4.69) is 9.97 Å². The van der Waals surface area contributed by atoms with Crippen molar-refractivity contribution in [3.8, 4) is 0 Å². The fraction of sp³-hybridized carbons (Fsp3) is 0.600. The molecule has 1 fully saturated rings. The number of rotatable bonds is 3. The normalized spacial score (nSPS) is 20.6. The molecule has 1 aromatic rings. The third kappa shape index (κ3) is 3.01. The standard InChI is InChI=1S/C10H14ClN3O2S/c1-17-10-12-8(11)4-9(13-10)14-2-3-16-6-7(14)5-15/h4,7,15H,2-3,5-6H2,1H3. The number of aromatic nitrogens is 2. The number of hydrogen-bond donors (Lipinski definition) is 1. The van der Waals surface area contributed by atoms with Gasteiger partial charge in [-0.15, -0.1) is 0 Å². The summed E-state index contributed by atoms with van der Waals surface area (Å²) in [5, 5.41) is 10.4. The monoisotopic (exact) mass is 275 g/mol. The minimum atomic E-state index is -0.0653. The van der Waals surface area contributed by atoms with Gasteiger partial charge in [-0.2, -0.15) is 0 Å². The van der Waals surface area contributed by atoms with Crippen molar-refractivity contribution >= 4 is 29.2 Å². The summed E-state index contributed by atoms with van der Waals surface area (Å²) < 4.78 is 5.33. The molecule has 0 amide bonds. The van der Waals surface area contributed by atoms with Gasteiger partial charge in [0.15, 0.2) is 5.16 Å². The highest BCUT2D eigenvalue weighted by molar-refractivity contribution is 7.98. The van der Waals surface area contributed by atoms with Crippen molar-refractivity contribution in [2.45, 2.75) is 11.2 Å². The third-order valence-corrected chi connectivity index (χ3v) is 3.32. The van der Waals surface area contributed by atoms with Gasteiger partial charge in [0, 0.05) is 12.6 Å². The first-order valence-electron chi connectivity index (χ1n) is 5.28. The molecule has 1 aliphatic heterocycles. The predicted molar refractivity (Wildman–Crippen MR) is 67.9 cm³/mol. The van der Waals surface area contributed by atoms with E-state index in [0.29, 0.717) is 30.1 Å². The van der Waals surface area contributed by atoms with Crippen molar-refractivity contribution in [1.82, 2.24) is 9.97 Å². The Morgan fingerprint density at radius 2 is 2.47 bits per heavy atom. The smallest absolute Gasteiger partial charge is 0.190 e. The van der Waals surface area contributed by atoms with Gasteiger partial charge in [0.1, 0.15) is 11.0 Å². The second-order valence-corrected chi connectivity index (χ2v) is 4.80. The zero-order valence-electron chi connectivity index (χ0n) is 9.47. The van der Waals surface area contributed by atoms with Gasteiger partial charge in [-0.1, -0.05) is 23.4 Å². The number of halogens is 1. The van der Waals surface area contributed by atoms with Crippen LogP contribution in [0.2, 0.25) is 5.15 Å². The van der Waals surface area contributed by atoms with Gasteiger partial charge in [-0.3, -0.25) is 0 Å². The Morgan fingerprint density at radius 1 is 1.65 bits per heavy atom. The van der Waals surface area contributed by atoms with Gasteiger partial charge in [-0.25, -0.2) is 9.97 Å². The van der Waals surface area contributed by atoms with E-state index in [1.807, 2.05) is 11.2 Å². The molecule has 0 bridgehead atoms. The zero-order chi connectivity index (χ0) is 12.3. The van der Waals surface area contributed by atoms with Crippen molar-refractivity contribution in [3.63, 3.8) is 0 Å². The third-order valence-electron chi connectivity index (χ3n) is 2.58. The van der Waals surface area contributed by atoms with E-state index in [9.17, 15) is 5.11 Å². The van der Waals surface area contributed by atoms with Crippen LogP contribution in [-0.4, -0.2) is 53.7 Å². The average Bonchev–Trinajstić information content (AvgIpc) is 2.37. The Kier molecular flexibility index (Phi) is 4.44. The molecule has 17 heavy (non-hydrogen) atoms. The Hall–Kier alpha value is -0.560. The lowest BCUT2D eigenvalue weighted by molar-refractivity contribution is 0.0722. The number of hydrogen-bond acceptors (Lipinski definition) is 6. The van der Waals surface area contributed by atoms with Gasteiger partial charge < -0.3 is 14.7 Å². The van der Waals surface area contributed by atoms with Crippen molar-refractivity contribution < 1.29 is 9.84 Å². The molecule has 1 aliphatic rings. The molecular weight excluding hydrogens is 262 g/mol. The summed E-state index contributed by atoms with van der Waals surface area (Å²) in [4.78, 5) is 10.5. The van der Waals surface area contributed by atoms with Crippen LogP contribution in [0.5, 0.6) is 0 Å². The molecule has 7 heteroatoms. The molecule has 0 spiro atoms. The molecule has 94 valence electrons. The van der Waals surface area contributed by atoms with E-state index in [-0.39, 0.29) is 12.6 Å². The van der Waals surface area contributed by atoms with Crippen LogP contribution in [0.15, 0.2) is 11.2 Å². The maximum Gasteiger partial charge on any atom is 0.190 e. The van der Waals surface area contributed by atoms with Crippen LogP contribution in [0.3, 0.4) is 0 Å². The molecule has 1 saturated heterocycles. The molecule has 1 unspecified atom stereocenters. The van der Waals surface area contributed by atoms with Crippen LogP contribution in [0.1, 0.15) is 0 Å². The predicted octanol–water partition coefficient (Wildman–Crippen LogP) is 1.05. The molecule has 2 rings (SSSR count). The molecule has 0 aromatic carbocycles. The van der Waals surface area contributed by atoms with Crippen LogP contribution in [0.25, 0.3) is 0 Å². The van der Waals surface area contributed by atoms with Crippen LogP contribution in [0, 0.1) is 0 Å². The summed E-state index contributed by atoms with van der Waals surface area (Å²) in [6, 6.07) is 1.65. The summed E-state index contributed by atoms with van der Waals surface area (Å²) in [7, 11) is 0. The number of morpholine rings is 1. The van der Waals surface area contributed by atoms with Crippen molar-refractivity contribution in [2.24, 2.45) is 0 Å². The molecule has 0 radical (unpaired) electrons. The lowest BCUT2D eigenvalue weighted by Crippen LogP contribution is -2.48. The molecule has 1 atom stereocenters. The second-order valence-electron chi connectivity index (χ2n) is 3.64. The fourth-order valence-corrected chi connectivity index (χ4v) is 2.33. The lowest BCUT2D eigenvalue weighted by Gasteiger charge is -2.35. The Balaban J connectivity index is 2.27. The minimum absolute atomic E-state index is 0.0379. The second kappa shape index (κ2) is 5.86. The summed E-state index contributed by atoms with van der Waals surface area (Å²) in [6.45, 7) is 1.88. The van der Waals surface area contributed by atoms with Gasteiger partial charge in [-0.05, 0) is 6.26 Å². The van der Waals surface area contributed by atoms with Crippen molar-refractivity contribution in [2.75, 3.05) is 37.5 Å². The highest BCUT2D eigenvalue weighted by Crippen LogP contribution is 2.23. The maximum atomic E-state index is 9.32. The highest BCUT2D eigenvalue weighted by Gasteiger charge is 2.24. The molecule has 2 heterocycles. The first-order valence-corrected chi connectivity index (χ1v) is 6.88. The first-order chi connectivity index (χ1) is 8.24. The van der Waals surface area contributed by atoms with Crippen LogP contribution < -0.4 is 4.90 Å². The number of thioether (sulfide) groups is 1. The van der Waals surface area contributed by atoms with Crippen LogP contribution in [0.4, 0.5) is 5.82 Å². The van der Waals surface area contributed by atoms with E-state index < -0.39 is 0 Å². The number of aliphatic hydroxyl groups excluding tert-OH is 1. The summed E-state index contributed by atoms with van der Waals surface area (Å²) in [6.07, 6.45) is 1.90. The number of anilines is 1. The van der Waals surface area contributed by atoms with Gasteiger partial charge in [0.05, 0.1) is 25.9 Å². The molecule has 5 nitrogen and oxygen atoms in total. The topological polar surface area (TPSA) is 58.5 Å². The summed E-state index contributed by atoms with van der Waals surface area (Å²) >= 11 is 7.40. The Morgan fingerprint density at radius 3 is 3.18 bits per heavy atom. The zero-order valence-corrected chi connectivity index (χ0v) is 11.0. The van der Waals surface area contributed by atoms with Crippen LogP contribution in [-0.2, 0) is 4.74 Å². The molecular formula is C10H14ClN3O2S. The first kappa shape index (κ1) is 12.9. The SMILES string of the molecule is CSc1nc(Cl)cc(N2CCOCC2CO)n1. The van der Waals surface area contributed by atoms with E-state index in [1.165, 1.54) is 11.8 Å². The van der Waals surface area contributed by atoms with Crippen LogP contribution >= 0.6 is 23.4 Å². The van der Waals surface area contributed by atoms with E-state index >= 15 is 0 Å². The van der Waals surface area contributed by atoms with E-state index in [1.54, 1.807) is 6.07 Å². The summed E-state index contributed by atoms with van der Waals surface area (Å²) in [5.41, 5.74) is 0. The van der Waals surface area contributed by atoms with Gasteiger partial charge in [0.2, 0.25) is 0 Å². The number of ether oxygens (including phenoxy) is 1. The quantitative estimate of drug-likeness (QED) is 0.506. The van der Waals surface area contributed by atoms with Gasteiger partial charge >= 0.3 is 0 Å². The number of nitrogens with zero attached hydrogens (tertiary/aromatic N) is 3. The average molecular weight is 276 g/mol. The highest BCUT2D eigenvalue weighted by atomic mass is 35.5. The molecule has 0 saturated carbocycles. The van der Waals surface area contributed by atoms with Gasteiger partial charge in [0.25, 0.3) is 0 Å². The lowest BCUT2D eigenvalue weighted by atomic mass is 10.2. The molecule has 1 N–H and O–H groups in total. The van der Waals surface area contributed by atoms with E-state index in [0.717, 1.165) is 5.82 Å². The molecule has 0 aliphatic carbocycles. The largest absolute Gasteiger partial charge is 0.394 e. The summed E-state index contributed by atoms with van der Waals surface area (Å²) in [5.74, 6) is 0.747. The fourth-order valence-electron chi connectivity index (χ4n) is 1.73. The number of aliphatic hydroxyl groups is 1. The maximum absolute atomic E-state index is 9.32. The molecule has 1 aromatic heterocycles. The van der Waals surface area contributed by atoms with Crippen molar-refractivity contribution in [1.29, 1.82) is 0 Å². The van der Waals surface area contributed by atoms with E-state index in [4.69, 9.17) is 16.3 Å². The minimum Gasteiger partial charge on any atom is -0.394 e. The Bertz CT molecular complexity index is 394. The Labute approximate surface area is 109 Å². The van der Waals surface area contributed by atoms with Crippen molar-refractivity contribution in [3.05, 3.63) is 11.2 Å².